The number of hydrogen-bond donors (Lipinski definition) is 1. The molecule has 2 heterocycles. The van der Waals surface area contributed by atoms with Crippen LogP contribution in [0.5, 0.6) is 5.75 Å². The molecule has 140 valence electrons. The first-order valence-corrected chi connectivity index (χ1v) is 9.22. The summed E-state index contributed by atoms with van der Waals surface area (Å²) in [4.78, 5) is 3.97. The van der Waals surface area contributed by atoms with E-state index in [1.54, 1.807) is 6.07 Å². The first kappa shape index (κ1) is 18.9. The molecule has 0 unspecified atom stereocenters. The average Bonchev–Trinajstić information content (AvgIpc) is 3.04. The number of anilines is 1. The number of methoxy groups -OCH3 is 1. The van der Waals surface area contributed by atoms with Crippen molar-refractivity contribution in [3.63, 3.8) is 0 Å². The minimum Gasteiger partial charge on any atom is -0.491 e. The van der Waals surface area contributed by atoms with Crippen molar-refractivity contribution < 1.29 is 21.9 Å². The van der Waals surface area contributed by atoms with Crippen molar-refractivity contribution in [2.45, 2.75) is 11.4 Å². The third-order valence-corrected chi connectivity index (χ3v) is 5.32. The van der Waals surface area contributed by atoms with Crippen LogP contribution in [-0.2, 0) is 16.4 Å². The highest BCUT2D eigenvalue weighted by Crippen LogP contribution is 2.30. The van der Waals surface area contributed by atoms with Crippen LogP contribution in [0.1, 0.15) is 5.56 Å². The van der Waals surface area contributed by atoms with Gasteiger partial charge < -0.3 is 4.74 Å². The van der Waals surface area contributed by atoms with E-state index < -0.39 is 27.3 Å². The summed E-state index contributed by atoms with van der Waals surface area (Å²) in [6.45, 7) is 0. The molecule has 0 radical (unpaired) electrons. The number of nitrogens with one attached hydrogen (secondary N) is 1. The highest BCUT2D eigenvalue weighted by Gasteiger charge is 2.24. The van der Waals surface area contributed by atoms with Gasteiger partial charge in [0.15, 0.2) is 16.4 Å². The van der Waals surface area contributed by atoms with Gasteiger partial charge in [-0.2, -0.15) is 13.7 Å². The van der Waals surface area contributed by atoms with Crippen LogP contribution in [0.4, 0.5) is 14.5 Å². The van der Waals surface area contributed by atoms with E-state index in [0.29, 0.717) is 6.07 Å². The zero-order valence-electron chi connectivity index (χ0n) is 13.7. The maximum atomic E-state index is 14.1. The van der Waals surface area contributed by atoms with Gasteiger partial charge in [0.2, 0.25) is 0 Å². The molecule has 0 atom stereocenters. The number of aromatic nitrogens is 2. The van der Waals surface area contributed by atoms with E-state index in [9.17, 15) is 17.2 Å². The Balaban J connectivity index is 2.05. The second-order valence-electron chi connectivity index (χ2n) is 5.35. The number of halogens is 3. The number of benzene rings is 1. The Morgan fingerprint density at radius 1 is 1.37 bits per heavy atom. The number of imidazole rings is 1. The summed E-state index contributed by atoms with van der Waals surface area (Å²) < 4.78 is 61.6. The summed E-state index contributed by atoms with van der Waals surface area (Å²) >= 11 is 5.98. The van der Waals surface area contributed by atoms with Crippen LogP contribution >= 0.6 is 11.6 Å². The van der Waals surface area contributed by atoms with Gasteiger partial charge in [0.25, 0.3) is 10.0 Å². The van der Waals surface area contributed by atoms with E-state index in [0.717, 1.165) is 12.3 Å². The number of fused-ring (bicyclic) bond motifs is 1. The van der Waals surface area contributed by atoms with Gasteiger partial charge in [-0.3, -0.25) is 9.12 Å². The molecule has 0 fully saturated rings. The molecule has 0 saturated heterocycles. The molecule has 11 heteroatoms. The van der Waals surface area contributed by atoms with Crippen LogP contribution in [0, 0.1) is 23.0 Å². The molecule has 1 aromatic carbocycles. The van der Waals surface area contributed by atoms with Gasteiger partial charge in [-0.05, 0) is 12.1 Å². The predicted octanol–water partition coefficient (Wildman–Crippen LogP) is 3.14. The molecule has 0 aliphatic carbocycles. The number of ether oxygens (including phenoxy) is 1. The molecule has 0 bridgehead atoms. The van der Waals surface area contributed by atoms with Crippen molar-refractivity contribution in [3.8, 4) is 11.8 Å². The molecule has 0 amide bonds. The second kappa shape index (κ2) is 7.02. The summed E-state index contributed by atoms with van der Waals surface area (Å²) in [7, 11) is -2.97. The normalized spacial score (nSPS) is 11.4. The Hall–Kier alpha value is -2.90. The molecule has 0 saturated carbocycles. The number of sulfonamides is 1. The van der Waals surface area contributed by atoms with E-state index in [1.807, 2.05) is 4.72 Å². The first-order chi connectivity index (χ1) is 12.8. The Labute approximate surface area is 157 Å². The number of pyridine rings is 1. The highest BCUT2D eigenvalue weighted by atomic mass is 35.5. The lowest BCUT2D eigenvalue weighted by molar-refractivity contribution is 0.417. The number of nitriles is 1. The molecule has 27 heavy (non-hydrogen) atoms. The smallest absolute Gasteiger partial charge is 0.279 e. The zero-order chi connectivity index (χ0) is 19.8. The second-order valence-corrected chi connectivity index (χ2v) is 7.39. The summed E-state index contributed by atoms with van der Waals surface area (Å²) in [6, 6.07) is 4.56. The fraction of sp³-hybridized carbons (Fsp3) is 0.125. The Kier molecular flexibility index (Phi) is 4.91. The fourth-order valence-corrected chi connectivity index (χ4v) is 3.82. The van der Waals surface area contributed by atoms with Gasteiger partial charge in [-0.25, -0.2) is 13.8 Å². The minimum absolute atomic E-state index is 0.140. The van der Waals surface area contributed by atoms with Gasteiger partial charge in [0, 0.05) is 17.8 Å². The Bertz CT molecular complexity index is 1190. The minimum atomic E-state index is -4.32. The standard InChI is InChI=1S/C16H11ClF2N4O3S/c1-26-15-10(17)3-5-23-14(8-21-16(15)23)27(24,25)22-13-7-11(18)9(2-4-20)6-12(13)19/h3,5-8,22H,2H2,1H3. The van der Waals surface area contributed by atoms with Gasteiger partial charge in [-0.1, -0.05) is 11.6 Å². The SMILES string of the molecule is COc1c(Cl)ccn2c(S(=O)(=O)Nc3cc(F)c(CC#N)cc3F)cnc12. The molecule has 3 aromatic rings. The summed E-state index contributed by atoms with van der Waals surface area (Å²) in [5.74, 6) is -1.75. The maximum absolute atomic E-state index is 14.1. The monoisotopic (exact) mass is 412 g/mol. The number of rotatable bonds is 5. The lowest BCUT2D eigenvalue weighted by atomic mass is 10.1. The van der Waals surface area contributed by atoms with Gasteiger partial charge >= 0.3 is 0 Å². The third kappa shape index (κ3) is 3.39. The van der Waals surface area contributed by atoms with Crippen LogP contribution in [0.2, 0.25) is 5.02 Å². The van der Waals surface area contributed by atoms with Crippen LogP contribution in [-0.4, -0.2) is 24.9 Å². The Morgan fingerprint density at radius 3 is 2.78 bits per heavy atom. The van der Waals surface area contributed by atoms with E-state index in [2.05, 4.69) is 4.98 Å². The van der Waals surface area contributed by atoms with Crippen molar-refractivity contribution in [1.29, 1.82) is 5.26 Å². The third-order valence-electron chi connectivity index (χ3n) is 3.68. The topological polar surface area (TPSA) is 96.5 Å². The van der Waals surface area contributed by atoms with Crippen molar-refractivity contribution in [1.82, 2.24) is 9.38 Å². The zero-order valence-corrected chi connectivity index (χ0v) is 15.3. The molecule has 0 spiro atoms. The number of nitrogens with zero attached hydrogens (tertiary/aromatic N) is 3. The summed E-state index contributed by atoms with van der Waals surface area (Å²) in [6.07, 6.45) is 2.05. The molecule has 1 N–H and O–H groups in total. The lowest BCUT2D eigenvalue weighted by Gasteiger charge is -2.11. The average molecular weight is 413 g/mol. The molecular weight excluding hydrogens is 402 g/mol. The van der Waals surface area contributed by atoms with E-state index >= 15 is 0 Å². The summed E-state index contributed by atoms with van der Waals surface area (Å²) in [5.41, 5.74) is -0.626. The molecule has 0 aliphatic rings. The largest absolute Gasteiger partial charge is 0.491 e. The van der Waals surface area contributed by atoms with Crippen LogP contribution in [0.15, 0.2) is 35.6 Å². The fourth-order valence-electron chi connectivity index (χ4n) is 2.45. The van der Waals surface area contributed by atoms with Gasteiger partial charge in [-0.15, -0.1) is 0 Å². The van der Waals surface area contributed by atoms with Crippen molar-refractivity contribution >= 4 is 33.0 Å². The Morgan fingerprint density at radius 2 is 2.11 bits per heavy atom. The molecule has 0 aliphatic heterocycles. The summed E-state index contributed by atoms with van der Waals surface area (Å²) in [5, 5.41) is 8.50. The van der Waals surface area contributed by atoms with Crippen LogP contribution < -0.4 is 9.46 Å². The van der Waals surface area contributed by atoms with Crippen molar-refractivity contribution in [2.24, 2.45) is 0 Å². The molecule has 7 nitrogen and oxygen atoms in total. The predicted molar refractivity (Wildman–Crippen MR) is 93.2 cm³/mol. The van der Waals surface area contributed by atoms with Crippen molar-refractivity contribution in [3.05, 3.63) is 52.8 Å². The van der Waals surface area contributed by atoms with E-state index in [4.69, 9.17) is 21.6 Å². The maximum Gasteiger partial charge on any atom is 0.279 e. The van der Waals surface area contributed by atoms with Crippen molar-refractivity contribution in [2.75, 3.05) is 11.8 Å². The van der Waals surface area contributed by atoms with E-state index in [1.165, 1.54) is 23.8 Å². The molecular formula is C16H11ClF2N4O3S. The van der Waals surface area contributed by atoms with E-state index in [-0.39, 0.29) is 33.4 Å². The molecule has 2 aromatic heterocycles. The quantitative estimate of drug-likeness (QED) is 0.694. The first-order valence-electron chi connectivity index (χ1n) is 7.35. The van der Waals surface area contributed by atoms with Gasteiger partial charge in [0.05, 0.1) is 36.5 Å². The van der Waals surface area contributed by atoms with Gasteiger partial charge in [0.1, 0.15) is 11.6 Å². The lowest BCUT2D eigenvalue weighted by Crippen LogP contribution is -2.16. The molecule has 3 rings (SSSR count). The highest BCUT2D eigenvalue weighted by molar-refractivity contribution is 7.92. The van der Waals surface area contributed by atoms with Crippen LogP contribution in [0.3, 0.4) is 0 Å². The number of hydrogen-bond acceptors (Lipinski definition) is 5. The van der Waals surface area contributed by atoms with Crippen LogP contribution in [0.25, 0.3) is 5.65 Å².